The number of amides is 2. The van der Waals surface area contributed by atoms with Gasteiger partial charge in [0.1, 0.15) is 6.61 Å². The van der Waals surface area contributed by atoms with Gasteiger partial charge in [-0.2, -0.15) is 0 Å². The maximum Gasteiger partial charge on any atom is 0.407 e. The van der Waals surface area contributed by atoms with Crippen molar-refractivity contribution < 1.29 is 29.0 Å². The molecule has 0 heterocycles. The van der Waals surface area contributed by atoms with E-state index in [0.29, 0.717) is 6.42 Å². The van der Waals surface area contributed by atoms with E-state index in [1.54, 1.807) is 0 Å². The van der Waals surface area contributed by atoms with Gasteiger partial charge in [-0.25, -0.2) is 4.79 Å². The molecule has 3 N–H and O–H groups in total. The summed E-state index contributed by atoms with van der Waals surface area (Å²) < 4.78 is 10.7. The molecular weight excluding hydrogens is 436 g/mol. The van der Waals surface area contributed by atoms with E-state index >= 15 is 0 Å². The average Bonchev–Trinajstić information content (AvgIpc) is 3.16. The molecule has 3 rings (SSSR count). The second kappa shape index (κ2) is 12.7. The van der Waals surface area contributed by atoms with Gasteiger partial charge in [-0.1, -0.05) is 61.9 Å². The lowest BCUT2D eigenvalue weighted by Gasteiger charge is -2.18. The van der Waals surface area contributed by atoms with Crippen molar-refractivity contribution in [1.82, 2.24) is 10.6 Å². The zero-order valence-corrected chi connectivity index (χ0v) is 19.4. The largest absolute Gasteiger partial charge is 0.481 e. The number of aliphatic carboxylic acids is 1. The molecule has 0 fully saturated rings. The summed E-state index contributed by atoms with van der Waals surface area (Å²) in [6, 6.07) is 16.3. The Kier molecular flexibility index (Phi) is 9.46. The lowest BCUT2D eigenvalue weighted by Crippen LogP contribution is -2.40. The minimum Gasteiger partial charge on any atom is -0.481 e. The number of benzene rings is 2. The molecule has 1 aliphatic carbocycles. The fraction of sp³-hybridized carbons (Fsp3) is 0.423. The molecule has 1 aliphatic rings. The Morgan fingerprint density at radius 2 is 1.62 bits per heavy atom. The van der Waals surface area contributed by atoms with E-state index in [9.17, 15) is 14.4 Å². The Bertz CT molecular complexity index is 947. The molecule has 1 atom stereocenters. The number of carboxylic acids is 1. The molecule has 0 bridgehead atoms. The first-order chi connectivity index (χ1) is 16.5. The third kappa shape index (κ3) is 6.81. The van der Waals surface area contributed by atoms with Gasteiger partial charge in [-0.3, -0.25) is 9.59 Å². The number of nitrogens with one attached hydrogen (secondary N) is 2. The van der Waals surface area contributed by atoms with Crippen molar-refractivity contribution in [1.29, 1.82) is 0 Å². The Labute approximate surface area is 199 Å². The van der Waals surface area contributed by atoms with Crippen LogP contribution in [0.5, 0.6) is 0 Å². The van der Waals surface area contributed by atoms with Crippen LogP contribution in [0.3, 0.4) is 0 Å². The lowest BCUT2D eigenvalue weighted by atomic mass is 9.98. The Balaban J connectivity index is 1.45. The number of carboxylic acid groups (broad SMARTS) is 1. The highest BCUT2D eigenvalue weighted by molar-refractivity contribution is 5.80. The Morgan fingerprint density at radius 3 is 2.24 bits per heavy atom. The molecule has 0 spiro atoms. The van der Waals surface area contributed by atoms with Gasteiger partial charge < -0.3 is 25.2 Å². The summed E-state index contributed by atoms with van der Waals surface area (Å²) in [6.45, 7) is 2.99. The number of ether oxygens (including phenoxy) is 2. The van der Waals surface area contributed by atoms with Crippen LogP contribution in [-0.2, 0) is 19.1 Å². The van der Waals surface area contributed by atoms with E-state index in [-0.39, 0.29) is 57.1 Å². The second-order valence-corrected chi connectivity index (χ2v) is 8.24. The van der Waals surface area contributed by atoms with Gasteiger partial charge in [0.25, 0.3) is 0 Å². The molecule has 0 saturated carbocycles. The van der Waals surface area contributed by atoms with Crippen molar-refractivity contribution >= 4 is 18.0 Å². The highest BCUT2D eigenvalue weighted by atomic mass is 16.5. The summed E-state index contributed by atoms with van der Waals surface area (Å²) in [4.78, 5) is 35.3. The predicted molar refractivity (Wildman–Crippen MR) is 128 cm³/mol. The fourth-order valence-electron chi connectivity index (χ4n) is 4.18. The zero-order valence-electron chi connectivity index (χ0n) is 19.4. The summed E-state index contributed by atoms with van der Waals surface area (Å²) in [6.07, 6.45) is 0.790. The van der Waals surface area contributed by atoms with Crippen molar-refractivity contribution in [2.24, 2.45) is 5.92 Å². The van der Waals surface area contributed by atoms with Gasteiger partial charge in [0.2, 0.25) is 5.91 Å². The summed E-state index contributed by atoms with van der Waals surface area (Å²) in [5.74, 6) is -1.51. The van der Waals surface area contributed by atoms with Crippen LogP contribution >= 0.6 is 0 Å². The first kappa shape index (κ1) is 25.2. The molecule has 2 aromatic carbocycles. The molecule has 8 heteroatoms. The molecule has 0 radical (unpaired) electrons. The zero-order chi connectivity index (χ0) is 24.3. The van der Waals surface area contributed by atoms with Crippen LogP contribution in [0.1, 0.15) is 43.2 Å². The maximum absolute atomic E-state index is 12.5. The quantitative estimate of drug-likeness (QED) is 0.388. The Morgan fingerprint density at radius 1 is 0.971 bits per heavy atom. The monoisotopic (exact) mass is 468 g/mol. The standard InChI is InChI=1S/C26H32N2O6/c1-2-7-18(25(31)27-13-15-33-14-12-24(29)30)16-28-26(32)34-17-23-21-10-5-3-8-19(21)20-9-4-6-11-22(20)23/h3-6,8-11,18,23H,2,7,12-17H2,1H3,(H,27,31)(H,28,32)(H,29,30). The molecule has 8 nitrogen and oxygen atoms in total. The summed E-state index contributed by atoms with van der Waals surface area (Å²) in [5.41, 5.74) is 4.62. The third-order valence-corrected chi connectivity index (χ3v) is 5.85. The molecule has 2 amide bonds. The van der Waals surface area contributed by atoms with Crippen LogP contribution in [0.25, 0.3) is 11.1 Å². The van der Waals surface area contributed by atoms with E-state index in [2.05, 4.69) is 34.9 Å². The van der Waals surface area contributed by atoms with Gasteiger partial charge in [0, 0.05) is 19.0 Å². The van der Waals surface area contributed by atoms with Crippen molar-refractivity contribution in [2.45, 2.75) is 32.1 Å². The molecule has 0 aliphatic heterocycles. The molecule has 0 saturated heterocycles. The number of hydrogen-bond donors (Lipinski definition) is 3. The predicted octanol–water partition coefficient (Wildman–Crippen LogP) is 3.55. The van der Waals surface area contributed by atoms with E-state index < -0.39 is 12.1 Å². The number of carbonyl (C=O) groups excluding carboxylic acids is 2. The van der Waals surface area contributed by atoms with Crippen molar-refractivity contribution in [3.05, 3.63) is 59.7 Å². The van der Waals surface area contributed by atoms with Gasteiger partial charge in [-0.15, -0.1) is 0 Å². The smallest absolute Gasteiger partial charge is 0.407 e. The Hall–Kier alpha value is -3.39. The number of carbonyl (C=O) groups is 3. The average molecular weight is 469 g/mol. The molecule has 2 aromatic rings. The van der Waals surface area contributed by atoms with Gasteiger partial charge >= 0.3 is 12.1 Å². The van der Waals surface area contributed by atoms with Crippen LogP contribution in [0.15, 0.2) is 48.5 Å². The van der Waals surface area contributed by atoms with Crippen LogP contribution in [0, 0.1) is 5.92 Å². The minimum absolute atomic E-state index is 0.0194. The third-order valence-electron chi connectivity index (χ3n) is 5.85. The molecule has 182 valence electrons. The second-order valence-electron chi connectivity index (χ2n) is 8.24. The van der Waals surface area contributed by atoms with E-state index in [1.165, 1.54) is 11.1 Å². The number of fused-ring (bicyclic) bond motifs is 3. The van der Waals surface area contributed by atoms with Crippen LogP contribution < -0.4 is 10.6 Å². The molecular formula is C26H32N2O6. The molecule has 34 heavy (non-hydrogen) atoms. The normalized spacial score (nSPS) is 13.0. The summed E-state index contributed by atoms with van der Waals surface area (Å²) in [5, 5.41) is 14.1. The van der Waals surface area contributed by atoms with Gasteiger partial charge in [-0.05, 0) is 28.7 Å². The van der Waals surface area contributed by atoms with Gasteiger partial charge in [0.15, 0.2) is 0 Å². The molecule has 1 unspecified atom stereocenters. The number of alkyl carbamates (subject to hydrolysis) is 1. The first-order valence-corrected chi connectivity index (χ1v) is 11.7. The topological polar surface area (TPSA) is 114 Å². The van der Waals surface area contributed by atoms with E-state index in [1.807, 2.05) is 31.2 Å². The van der Waals surface area contributed by atoms with Crippen molar-refractivity contribution in [2.75, 3.05) is 32.9 Å². The van der Waals surface area contributed by atoms with Crippen molar-refractivity contribution in [3.8, 4) is 11.1 Å². The number of rotatable bonds is 13. The van der Waals surface area contributed by atoms with Crippen molar-refractivity contribution in [3.63, 3.8) is 0 Å². The maximum atomic E-state index is 12.5. The highest BCUT2D eigenvalue weighted by Crippen LogP contribution is 2.44. The lowest BCUT2D eigenvalue weighted by molar-refractivity contribution is -0.138. The fourth-order valence-corrected chi connectivity index (χ4v) is 4.18. The van der Waals surface area contributed by atoms with Crippen LogP contribution in [0.2, 0.25) is 0 Å². The van der Waals surface area contributed by atoms with E-state index in [0.717, 1.165) is 17.5 Å². The number of hydrogen-bond acceptors (Lipinski definition) is 5. The first-order valence-electron chi connectivity index (χ1n) is 11.7. The summed E-state index contributed by atoms with van der Waals surface area (Å²) >= 11 is 0. The SMILES string of the molecule is CCCC(CNC(=O)OCC1c2ccccc2-c2ccccc21)C(=O)NCCOCCC(=O)O. The highest BCUT2D eigenvalue weighted by Gasteiger charge is 2.29. The minimum atomic E-state index is -0.925. The molecule has 0 aromatic heterocycles. The van der Waals surface area contributed by atoms with Crippen LogP contribution in [0.4, 0.5) is 4.79 Å². The van der Waals surface area contributed by atoms with Gasteiger partial charge in [0.05, 0.1) is 25.6 Å². The van der Waals surface area contributed by atoms with E-state index in [4.69, 9.17) is 14.6 Å². The summed E-state index contributed by atoms with van der Waals surface area (Å²) in [7, 11) is 0. The van der Waals surface area contributed by atoms with Crippen LogP contribution in [-0.4, -0.2) is 56.0 Å².